The van der Waals surface area contributed by atoms with Crippen LogP contribution in [0.15, 0.2) is 30.3 Å². The van der Waals surface area contributed by atoms with Crippen molar-refractivity contribution in [1.82, 2.24) is 15.1 Å². The minimum Gasteiger partial charge on any atom is -0.352 e. The van der Waals surface area contributed by atoms with Crippen molar-refractivity contribution in [2.45, 2.75) is 72.4 Å². The lowest BCUT2D eigenvalue weighted by Gasteiger charge is -2.09. The lowest BCUT2D eigenvalue weighted by atomic mass is 10.1. The van der Waals surface area contributed by atoms with Gasteiger partial charge in [-0.05, 0) is 37.5 Å². The number of hydrogen-bond acceptors (Lipinski definition) is 2. The van der Waals surface area contributed by atoms with Gasteiger partial charge in [0, 0.05) is 18.7 Å². The Morgan fingerprint density at radius 3 is 2.56 bits per heavy atom. The molecule has 0 spiro atoms. The fourth-order valence-electron chi connectivity index (χ4n) is 3.02. The van der Waals surface area contributed by atoms with Gasteiger partial charge in [-0.1, -0.05) is 56.9 Å². The van der Waals surface area contributed by atoms with Gasteiger partial charge in [0.1, 0.15) is 0 Å². The number of aromatic nitrogens is 2. The number of nitrogens with zero attached hydrogens (tertiary/aromatic N) is 2. The molecule has 0 saturated carbocycles. The quantitative estimate of drug-likeness (QED) is 0.646. The molecule has 0 atom stereocenters. The summed E-state index contributed by atoms with van der Waals surface area (Å²) in [5.74, 6) is 0.153. The highest BCUT2D eigenvalue weighted by atomic mass is 16.1. The molecule has 4 nitrogen and oxygen atoms in total. The predicted octanol–water partition coefficient (Wildman–Crippen LogP) is 4.52. The van der Waals surface area contributed by atoms with E-state index in [1.54, 1.807) is 0 Å². The molecule has 0 aliphatic heterocycles. The van der Waals surface area contributed by atoms with E-state index in [0.717, 1.165) is 30.6 Å². The number of nitrogens with one attached hydrogen (secondary N) is 1. The number of carbonyl (C=O) groups excluding carboxylic acids is 1. The molecule has 2 rings (SSSR count). The summed E-state index contributed by atoms with van der Waals surface area (Å²) >= 11 is 0. The normalized spacial score (nSPS) is 10.8. The number of amides is 1. The highest BCUT2D eigenvalue weighted by Gasteiger charge is 2.04. The standard InChI is InChI=1S/C21H31N3O/c1-4-5-6-7-8-12-21(25)22-15-19-10-9-11-20(14-19)16-24-18(3)13-17(2)23-24/h9-11,13-14H,4-8,12,15-16H2,1-3H3,(H,22,25). The number of aryl methyl sites for hydroxylation is 2. The molecule has 1 amide bonds. The largest absolute Gasteiger partial charge is 0.352 e. The van der Waals surface area contributed by atoms with Crippen LogP contribution in [0, 0.1) is 13.8 Å². The van der Waals surface area contributed by atoms with Crippen LogP contribution in [0.3, 0.4) is 0 Å². The van der Waals surface area contributed by atoms with Gasteiger partial charge in [0.05, 0.1) is 12.2 Å². The highest BCUT2D eigenvalue weighted by Crippen LogP contribution is 2.10. The van der Waals surface area contributed by atoms with E-state index in [9.17, 15) is 4.79 Å². The molecule has 25 heavy (non-hydrogen) atoms. The number of benzene rings is 1. The van der Waals surface area contributed by atoms with Crippen molar-refractivity contribution in [1.29, 1.82) is 0 Å². The highest BCUT2D eigenvalue weighted by molar-refractivity contribution is 5.75. The van der Waals surface area contributed by atoms with Crippen LogP contribution in [-0.4, -0.2) is 15.7 Å². The van der Waals surface area contributed by atoms with E-state index >= 15 is 0 Å². The van der Waals surface area contributed by atoms with Crippen LogP contribution >= 0.6 is 0 Å². The molecule has 0 bridgehead atoms. The monoisotopic (exact) mass is 341 g/mol. The molecule has 2 aromatic rings. The van der Waals surface area contributed by atoms with Crippen molar-refractivity contribution in [2.24, 2.45) is 0 Å². The van der Waals surface area contributed by atoms with E-state index in [2.05, 4.69) is 48.5 Å². The molecule has 1 aromatic carbocycles. The Bertz CT molecular complexity index is 676. The first kappa shape index (κ1) is 19.2. The molecule has 1 N–H and O–H groups in total. The molecule has 0 unspecified atom stereocenters. The van der Waals surface area contributed by atoms with E-state index in [1.807, 2.05) is 17.7 Å². The van der Waals surface area contributed by atoms with Gasteiger partial charge in [-0.2, -0.15) is 5.10 Å². The number of rotatable bonds is 10. The smallest absolute Gasteiger partial charge is 0.220 e. The summed E-state index contributed by atoms with van der Waals surface area (Å²) in [5.41, 5.74) is 4.55. The Morgan fingerprint density at radius 1 is 1.08 bits per heavy atom. The number of hydrogen-bond donors (Lipinski definition) is 1. The third-order valence-electron chi connectivity index (χ3n) is 4.42. The van der Waals surface area contributed by atoms with Crippen molar-refractivity contribution >= 4 is 5.91 Å². The van der Waals surface area contributed by atoms with Crippen molar-refractivity contribution in [3.63, 3.8) is 0 Å². The maximum Gasteiger partial charge on any atom is 0.220 e. The van der Waals surface area contributed by atoms with Crippen molar-refractivity contribution in [3.8, 4) is 0 Å². The van der Waals surface area contributed by atoms with Gasteiger partial charge in [-0.15, -0.1) is 0 Å². The zero-order chi connectivity index (χ0) is 18.1. The molecule has 4 heteroatoms. The molecular formula is C21H31N3O. The van der Waals surface area contributed by atoms with Crippen LogP contribution in [0.1, 0.15) is 68.0 Å². The van der Waals surface area contributed by atoms with E-state index in [1.165, 1.54) is 30.5 Å². The second-order valence-electron chi connectivity index (χ2n) is 6.85. The van der Waals surface area contributed by atoms with Crippen LogP contribution in [0.2, 0.25) is 0 Å². The zero-order valence-electron chi connectivity index (χ0n) is 15.8. The summed E-state index contributed by atoms with van der Waals surface area (Å²) in [4.78, 5) is 11.9. The Hall–Kier alpha value is -2.10. The summed E-state index contributed by atoms with van der Waals surface area (Å²) < 4.78 is 2.02. The minimum absolute atomic E-state index is 0.153. The first-order valence-electron chi connectivity index (χ1n) is 9.44. The molecule has 1 heterocycles. The fraction of sp³-hybridized carbons (Fsp3) is 0.524. The lowest BCUT2D eigenvalue weighted by molar-refractivity contribution is -0.121. The Kier molecular flexibility index (Phi) is 7.71. The molecule has 0 aliphatic carbocycles. The average Bonchev–Trinajstić information content (AvgIpc) is 2.90. The Morgan fingerprint density at radius 2 is 1.84 bits per heavy atom. The van der Waals surface area contributed by atoms with Gasteiger partial charge in [0.15, 0.2) is 0 Å². The SMILES string of the molecule is CCCCCCCC(=O)NCc1cccc(Cn2nc(C)cc2C)c1. The molecule has 0 aliphatic rings. The lowest BCUT2D eigenvalue weighted by Crippen LogP contribution is -2.22. The molecular weight excluding hydrogens is 310 g/mol. The minimum atomic E-state index is 0.153. The summed E-state index contributed by atoms with van der Waals surface area (Å²) in [7, 11) is 0. The maximum atomic E-state index is 11.9. The third kappa shape index (κ3) is 6.73. The van der Waals surface area contributed by atoms with Crippen molar-refractivity contribution < 1.29 is 4.79 Å². The van der Waals surface area contributed by atoms with Crippen LogP contribution in [0.25, 0.3) is 0 Å². The second-order valence-corrected chi connectivity index (χ2v) is 6.85. The van der Waals surface area contributed by atoms with E-state index < -0.39 is 0 Å². The van der Waals surface area contributed by atoms with Crippen LogP contribution in [0.5, 0.6) is 0 Å². The van der Waals surface area contributed by atoms with Crippen LogP contribution < -0.4 is 5.32 Å². The molecule has 0 radical (unpaired) electrons. The number of unbranched alkanes of at least 4 members (excludes halogenated alkanes) is 4. The van der Waals surface area contributed by atoms with Crippen LogP contribution in [0.4, 0.5) is 0 Å². The fourth-order valence-corrected chi connectivity index (χ4v) is 3.02. The second kappa shape index (κ2) is 10.0. The maximum absolute atomic E-state index is 11.9. The molecule has 1 aromatic heterocycles. The van der Waals surface area contributed by atoms with Gasteiger partial charge in [0.2, 0.25) is 5.91 Å². The van der Waals surface area contributed by atoms with Gasteiger partial charge in [-0.3, -0.25) is 9.48 Å². The van der Waals surface area contributed by atoms with Crippen LogP contribution in [-0.2, 0) is 17.9 Å². The molecule has 0 fully saturated rings. The zero-order valence-corrected chi connectivity index (χ0v) is 15.8. The van der Waals surface area contributed by atoms with Gasteiger partial charge in [-0.25, -0.2) is 0 Å². The Labute approximate surface area is 151 Å². The van der Waals surface area contributed by atoms with Crippen molar-refractivity contribution in [3.05, 3.63) is 52.8 Å². The van der Waals surface area contributed by atoms with E-state index in [0.29, 0.717) is 13.0 Å². The van der Waals surface area contributed by atoms with Gasteiger partial charge < -0.3 is 5.32 Å². The van der Waals surface area contributed by atoms with E-state index in [4.69, 9.17) is 0 Å². The molecule has 136 valence electrons. The first-order valence-corrected chi connectivity index (χ1v) is 9.44. The topological polar surface area (TPSA) is 46.9 Å². The summed E-state index contributed by atoms with van der Waals surface area (Å²) in [5, 5.41) is 7.55. The van der Waals surface area contributed by atoms with Crippen molar-refractivity contribution in [2.75, 3.05) is 0 Å². The molecule has 0 saturated heterocycles. The average molecular weight is 341 g/mol. The summed E-state index contributed by atoms with van der Waals surface area (Å²) in [6.07, 6.45) is 6.51. The Balaban J connectivity index is 1.79. The summed E-state index contributed by atoms with van der Waals surface area (Å²) in [6, 6.07) is 10.5. The van der Waals surface area contributed by atoms with Gasteiger partial charge >= 0.3 is 0 Å². The predicted molar refractivity (Wildman–Crippen MR) is 102 cm³/mol. The first-order chi connectivity index (χ1) is 12.1. The van der Waals surface area contributed by atoms with Gasteiger partial charge in [0.25, 0.3) is 0 Å². The number of carbonyl (C=O) groups is 1. The third-order valence-corrected chi connectivity index (χ3v) is 4.42. The van der Waals surface area contributed by atoms with E-state index in [-0.39, 0.29) is 5.91 Å². The summed E-state index contributed by atoms with van der Waals surface area (Å²) in [6.45, 7) is 7.65.